The molecule has 0 aliphatic rings. The summed E-state index contributed by atoms with van der Waals surface area (Å²) < 4.78 is 25.6. The lowest BCUT2D eigenvalue weighted by molar-refractivity contribution is 0.509. The number of nitrogens with zero attached hydrogens (tertiary/aromatic N) is 2. The molecule has 3 nitrogen and oxygen atoms in total. The molecule has 74 valence electrons. The number of imidazole rings is 1. The highest BCUT2D eigenvalue weighted by Gasteiger charge is 2.10. The molecule has 0 saturated heterocycles. The summed E-state index contributed by atoms with van der Waals surface area (Å²) in [6.07, 6.45) is 1.33. The molecular weight excluding hydrogens is 200 g/mol. The summed E-state index contributed by atoms with van der Waals surface area (Å²) in [5, 5.41) is 8.69. The third-order valence-electron chi connectivity index (χ3n) is 1.95. The maximum Gasteiger partial charge on any atom is 0.166 e. The average molecular weight is 205 g/mol. The summed E-state index contributed by atoms with van der Waals surface area (Å²) in [5.41, 5.74) is 0.931. The second-order valence-electron chi connectivity index (χ2n) is 2.87. The quantitative estimate of drug-likeness (QED) is 0.776. The van der Waals surface area contributed by atoms with Crippen LogP contribution in [0.1, 0.15) is 5.69 Å². The molecule has 0 aliphatic carbocycles. The van der Waals surface area contributed by atoms with Crippen molar-refractivity contribution >= 4 is 0 Å². The van der Waals surface area contributed by atoms with Crippen LogP contribution in [0.2, 0.25) is 0 Å². The maximum absolute atomic E-state index is 12.9. The molecule has 1 aromatic heterocycles. The van der Waals surface area contributed by atoms with E-state index in [1.54, 1.807) is 0 Å². The first-order valence-electron chi connectivity index (χ1n) is 4.11. The predicted molar refractivity (Wildman–Crippen MR) is 48.7 cm³/mol. The van der Waals surface area contributed by atoms with Crippen molar-refractivity contribution in [3.05, 3.63) is 41.9 Å². The third-order valence-corrected chi connectivity index (χ3v) is 1.95. The molecule has 2 aromatic rings. The van der Waals surface area contributed by atoms with Crippen molar-refractivity contribution in [2.45, 2.75) is 0 Å². The van der Waals surface area contributed by atoms with E-state index in [2.05, 4.69) is 9.97 Å². The number of halogens is 2. The average Bonchev–Trinajstić information content (AvgIpc) is 2.70. The molecule has 0 amide bonds. The van der Waals surface area contributed by atoms with E-state index in [1.165, 1.54) is 12.4 Å². The Morgan fingerprint density at radius 2 is 2.07 bits per heavy atom. The van der Waals surface area contributed by atoms with Gasteiger partial charge in [-0.25, -0.2) is 13.8 Å². The number of rotatable bonds is 1. The number of hydrogen-bond donors (Lipinski definition) is 1. The van der Waals surface area contributed by atoms with E-state index in [1.807, 2.05) is 6.07 Å². The van der Waals surface area contributed by atoms with Gasteiger partial charge in [0.1, 0.15) is 6.07 Å². The van der Waals surface area contributed by atoms with Crippen LogP contribution in [-0.4, -0.2) is 9.97 Å². The maximum atomic E-state index is 12.9. The standard InChI is InChI=1S/C10H5F2N3/c11-7-2-1-6(3-8(7)12)10-9(4-13)14-5-15-10/h1-3,5H,(H,14,15). The third kappa shape index (κ3) is 1.57. The number of aromatic nitrogens is 2. The van der Waals surface area contributed by atoms with Gasteiger partial charge in [-0.2, -0.15) is 5.26 Å². The summed E-state index contributed by atoms with van der Waals surface area (Å²) in [6.45, 7) is 0. The second-order valence-corrected chi connectivity index (χ2v) is 2.87. The zero-order valence-electron chi connectivity index (χ0n) is 7.46. The molecule has 0 fully saturated rings. The Bertz CT molecular complexity index is 540. The van der Waals surface area contributed by atoms with E-state index in [0.717, 1.165) is 12.1 Å². The van der Waals surface area contributed by atoms with Gasteiger partial charge in [0.15, 0.2) is 17.3 Å². The zero-order chi connectivity index (χ0) is 10.8. The second kappa shape index (κ2) is 3.50. The van der Waals surface area contributed by atoms with Crippen LogP contribution < -0.4 is 0 Å². The van der Waals surface area contributed by atoms with E-state index < -0.39 is 11.6 Å². The number of nitrogens with one attached hydrogen (secondary N) is 1. The smallest absolute Gasteiger partial charge is 0.166 e. The number of hydrogen-bond acceptors (Lipinski definition) is 2. The predicted octanol–water partition coefficient (Wildman–Crippen LogP) is 2.23. The van der Waals surface area contributed by atoms with E-state index in [-0.39, 0.29) is 5.69 Å². The van der Waals surface area contributed by atoms with Crippen molar-refractivity contribution in [2.24, 2.45) is 0 Å². The molecule has 0 atom stereocenters. The number of H-pyrrole nitrogens is 1. The summed E-state index contributed by atoms with van der Waals surface area (Å²) in [6, 6.07) is 5.26. The summed E-state index contributed by atoms with van der Waals surface area (Å²) in [4.78, 5) is 6.43. The molecule has 1 heterocycles. The molecule has 1 N–H and O–H groups in total. The van der Waals surface area contributed by atoms with Crippen molar-refractivity contribution in [2.75, 3.05) is 0 Å². The highest BCUT2D eigenvalue weighted by molar-refractivity contribution is 5.64. The molecule has 0 spiro atoms. The number of benzene rings is 1. The van der Waals surface area contributed by atoms with E-state index >= 15 is 0 Å². The van der Waals surface area contributed by atoms with Gasteiger partial charge in [-0.05, 0) is 18.2 Å². The lowest BCUT2D eigenvalue weighted by Gasteiger charge is -1.99. The van der Waals surface area contributed by atoms with Gasteiger partial charge >= 0.3 is 0 Å². The minimum atomic E-state index is -0.953. The normalized spacial score (nSPS) is 9.93. The van der Waals surface area contributed by atoms with Crippen LogP contribution in [0.5, 0.6) is 0 Å². The van der Waals surface area contributed by atoms with Crippen LogP contribution in [0.15, 0.2) is 24.5 Å². The number of aromatic amines is 1. The fourth-order valence-corrected chi connectivity index (χ4v) is 1.25. The van der Waals surface area contributed by atoms with Gasteiger partial charge in [0.05, 0.1) is 12.0 Å². The Balaban J connectivity index is 2.56. The fraction of sp³-hybridized carbons (Fsp3) is 0. The van der Waals surface area contributed by atoms with Crippen LogP contribution >= 0.6 is 0 Å². The summed E-state index contributed by atoms with van der Waals surface area (Å²) in [7, 11) is 0. The van der Waals surface area contributed by atoms with Gasteiger partial charge < -0.3 is 4.98 Å². The van der Waals surface area contributed by atoms with Gasteiger partial charge in [0.25, 0.3) is 0 Å². The fourth-order valence-electron chi connectivity index (χ4n) is 1.25. The monoisotopic (exact) mass is 205 g/mol. The number of nitriles is 1. The minimum absolute atomic E-state index is 0.154. The molecular formula is C10H5F2N3. The first-order chi connectivity index (χ1) is 7.22. The highest BCUT2D eigenvalue weighted by Crippen LogP contribution is 2.21. The first-order valence-corrected chi connectivity index (χ1v) is 4.11. The summed E-state index contributed by atoms with van der Waals surface area (Å²) in [5.74, 6) is -1.87. The molecule has 1 aromatic carbocycles. The van der Waals surface area contributed by atoms with Crippen LogP contribution in [0.3, 0.4) is 0 Å². The van der Waals surface area contributed by atoms with Gasteiger partial charge in [-0.3, -0.25) is 0 Å². The Morgan fingerprint density at radius 3 is 2.73 bits per heavy atom. The molecule has 0 saturated carbocycles. The van der Waals surface area contributed by atoms with E-state index in [4.69, 9.17) is 5.26 Å². The molecule has 2 rings (SSSR count). The Morgan fingerprint density at radius 1 is 1.27 bits per heavy atom. The highest BCUT2D eigenvalue weighted by atomic mass is 19.2. The van der Waals surface area contributed by atoms with E-state index in [0.29, 0.717) is 11.3 Å². The van der Waals surface area contributed by atoms with Gasteiger partial charge in [0, 0.05) is 5.56 Å². The first kappa shape index (κ1) is 9.34. The Kier molecular flexibility index (Phi) is 2.18. The van der Waals surface area contributed by atoms with Gasteiger partial charge in [-0.1, -0.05) is 0 Å². The molecule has 5 heteroatoms. The molecule has 0 radical (unpaired) electrons. The lowest BCUT2D eigenvalue weighted by atomic mass is 10.1. The summed E-state index contributed by atoms with van der Waals surface area (Å²) >= 11 is 0. The Hall–Kier alpha value is -2.22. The topological polar surface area (TPSA) is 52.5 Å². The van der Waals surface area contributed by atoms with Gasteiger partial charge in [-0.15, -0.1) is 0 Å². The van der Waals surface area contributed by atoms with Crippen molar-refractivity contribution in [3.63, 3.8) is 0 Å². The SMILES string of the molecule is N#Cc1nc[nH]c1-c1ccc(F)c(F)c1. The van der Waals surface area contributed by atoms with Crippen molar-refractivity contribution < 1.29 is 8.78 Å². The van der Waals surface area contributed by atoms with Crippen LogP contribution in [-0.2, 0) is 0 Å². The van der Waals surface area contributed by atoms with Crippen molar-refractivity contribution in [1.82, 2.24) is 9.97 Å². The molecule has 15 heavy (non-hydrogen) atoms. The lowest BCUT2D eigenvalue weighted by Crippen LogP contribution is -1.87. The largest absolute Gasteiger partial charge is 0.343 e. The molecule has 0 aliphatic heterocycles. The van der Waals surface area contributed by atoms with Crippen LogP contribution in [0, 0.1) is 23.0 Å². The van der Waals surface area contributed by atoms with Gasteiger partial charge in [0.2, 0.25) is 0 Å². The molecule has 0 bridgehead atoms. The van der Waals surface area contributed by atoms with Crippen LogP contribution in [0.25, 0.3) is 11.3 Å². The Labute approximate surface area is 84.0 Å². The van der Waals surface area contributed by atoms with Crippen molar-refractivity contribution in [3.8, 4) is 17.3 Å². The molecule has 0 unspecified atom stereocenters. The van der Waals surface area contributed by atoms with E-state index in [9.17, 15) is 8.78 Å². The zero-order valence-corrected chi connectivity index (χ0v) is 7.46. The minimum Gasteiger partial charge on any atom is -0.343 e. The van der Waals surface area contributed by atoms with Crippen LogP contribution in [0.4, 0.5) is 8.78 Å². The van der Waals surface area contributed by atoms with Crippen molar-refractivity contribution in [1.29, 1.82) is 5.26 Å².